The molecule has 0 bridgehead atoms. The maximum Gasteiger partial charge on any atom is 0.234 e. The number of anilines is 1. The highest BCUT2D eigenvalue weighted by atomic mass is 16.5. The van der Waals surface area contributed by atoms with Crippen LogP contribution in [0.5, 0.6) is 11.5 Å². The van der Waals surface area contributed by atoms with Gasteiger partial charge in [0.1, 0.15) is 18.1 Å². The van der Waals surface area contributed by atoms with E-state index >= 15 is 0 Å². The molecule has 0 radical (unpaired) electrons. The summed E-state index contributed by atoms with van der Waals surface area (Å²) in [6.45, 7) is 6.51. The number of hydrogen-bond donors (Lipinski definition) is 0. The number of ether oxygens (including phenoxy) is 2. The molecule has 0 saturated carbocycles. The van der Waals surface area contributed by atoms with E-state index in [9.17, 15) is 4.79 Å². The van der Waals surface area contributed by atoms with E-state index in [1.807, 2.05) is 51.2 Å². The zero-order valence-electron chi connectivity index (χ0n) is 15.6. The van der Waals surface area contributed by atoms with Crippen LogP contribution in [0.1, 0.15) is 42.0 Å². The van der Waals surface area contributed by atoms with Crippen LogP contribution in [-0.2, 0) is 17.8 Å². The lowest BCUT2D eigenvalue weighted by atomic mass is 9.92. The van der Waals surface area contributed by atoms with Crippen molar-refractivity contribution >= 4 is 11.6 Å². The topological polar surface area (TPSA) is 38.8 Å². The summed E-state index contributed by atoms with van der Waals surface area (Å²) >= 11 is 0. The zero-order valence-corrected chi connectivity index (χ0v) is 15.6. The van der Waals surface area contributed by atoms with Gasteiger partial charge in [0.15, 0.2) is 0 Å². The maximum atomic E-state index is 12.6. The Morgan fingerprint density at radius 3 is 2.44 bits per heavy atom. The van der Waals surface area contributed by atoms with Crippen molar-refractivity contribution in [3.8, 4) is 11.5 Å². The molecule has 4 nitrogen and oxygen atoms in total. The van der Waals surface area contributed by atoms with Crippen LogP contribution < -0.4 is 14.4 Å². The van der Waals surface area contributed by atoms with E-state index in [-0.39, 0.29) is 11.8 Å². The van der Waals surface area contributed by atoms with Crippen molar-refractivity contribution in [2.45, 2.75) is 39.7 Å². The molecule has 2 aromatic carbocycles. The number of amides is 1. The van der Waals surface area contributed by atoms with Crippen molar-refractivity contribution in [3.05, 3.63) is 52.6 Å². The van der Waals surface area contributed by atoms with E-state index in [1.54, 1.807) is 12.0 Å². The molecule has 1 aliphatic rings. The van der Waals surface area contributed by atoms with E-state index in [4.69, 9.17) is 9.47 Å². The van der Waals surface area contributed by atoms with Gasteiger partial charge in [-0.25, -0.2) is 0 Å². The summed E-state index contributed by atoms with van der Waals surface area (Å²) < 4.78 is 11.9. The number of carbonyl (C=O) groups excluding carboxylic acids is 1. The highest BCUT2D eigenvalue weighted by Crippen LogP contribution is 2.51. The van der Waals surface area contributed by atoms with Crippen molar-refractivity contribution in [2.24, 2.45) is 0 Å². The van der Waals surface area contributed by atoms with E-state index in [1.165, 1.54) is 0 Å². The molecular formula is C21H25NO3. The standard InChI is InChI=1S/C21H25NO3/c1-6-16-17-13(2)21(23)22(4)18(17)20(14(3)19(16)24-5)25-12-15-10-8-7-9-11-15/h7-11,13H,6,12H2,1-5H3. The van der Waals surface area contributed by atoms with Crippen molar-refractivity contribution in [2.75, 3.05) is 19.1 Å². The molecule has 132 valence electrons. The van der Waals surface area contributed by atoms with Crippen molar-refractivity contribution in [1.29, 1.82) is 0 Å². The lowest BCUT2D eigenvalue weighted by Crippen LogP contribution is -2.23. The molecule has 3 rings (SSSR count). The third-order valence-corrected chi connectivity index (χ3v) is 5.00. The molecule has 4 heteroatoms. The second kappa shape index (κ2) is 6.79. The van der Waals surface area contributed by atoms with Gasteiger partial charge in [-0.3, -0.25) is 4.79 Å². The van der Waals surface area contributed by atoms with Gasteiger partial charge in [-0.1, -0.05) is 37.3 Å². The van der Waals surface area contributed by atoms with Crippen LogP contribution in [0.25, 0.3) is 0 Å². The van der Waals surface area contributed by atoms with Gasteiger partial charge >= 0.3 is 0 Å². The average molecular weight is 339 g/mol. The first-order valence-electron chi connectivity index (χ1n) is 8.68. The molecule has 0 fully saturated rings. The summed E-state index contributed by atoms with van der Waals surface area (Å²) in [7, 11) is 3.51. The van der Waals surface area contributed by atoms with Crippen molar-refractivity contribution in [3.63, 3.8) is 0 Å². The summed E-state index contributed by atoms with van der Waals surface area (Å²) in [5.41, 5.74) is 5.08. The Bertz CT molecular complexity index is 799. The van der Waals surface area contributed by atoms with Crippen LogP contribution in [0.2, 0.25) is 0 Å². The van der Waals surface area contributed by atoms with Gasteiger partial charge in [0.25, 0.3) is 0 Å². The maximum absolute atomic E-state index is 12.6. The SMILES string of the molecule is CCc1c(OC)c(C)c(OCc2ccccc2)c2c1C(C)C(=O)N2C. The van der Waals surface area contributed by atoms with Crippen LogP contribution in [0.4, 0.5) is 5.69 Å². The van der Waals surface area contributed by atoms with E-state index in [0.717, 1.165) is 45.9 Å². The second-order valence-electron chi connectivity index (χ2n) is 6.47. The van der Waals surface area contributed by atoms with E-state index in [0.29, 0.717) is 6.61 Å². The summed E-state index contributed by atoms with van der Waals surface area (Å²) in [5, 5.41) is 0. The first kappa shape index (κ1) is 17.3. The Labute approximate surface area is 149 Å². The van der Waals surface area contributed by atoms with Gasteiger partial charge in [0.05, 0.1) is 18.7 Å². The molecule has 1 aliphatic heterocycles. The van der Waals surface area contributed by atoms with Gasteiger partial charge in [-0.15, -0.1) is 0 Å². The molecule has 1 atom stereocenters. The van der Waals surface area contributed by atoms with Crippen LogP contribution in [0.15, 0.2) is 30.3 Å². The molecule has 0 aliphatic carbocycles. The Morgan fingerprint density at radius 1 is 1.16 bits per heavy atom. The quantitative estimate of drug-likeness (QED) is 0.818. The van der Waals surface area contributed by atoms with Gasteiger partial charge in [0, 0.05) is 18.2 Å². The van der Waals surface area contributed by atoms with Gasteiger partial charge < -0.3 is 14.4 Å². The molecule has 1 amide bonds. The Balaban J connectivity index is 2.13. The monoisotopic (exact) mass is 339 g/mol. The minimum Gasteiger partial charge on any atom is -0.496 e. The second-order valence-corrected chi connectivity index (χ2v) is 6.47. The first-order chi connectivity index (χ1) is 12.0. The third kappa shape index (κ3) is 2.76. The van der Waals surface area contributed by atoms with Crippen molar-refractivity contribution < 1.29 is 14.3 Å². The van der Waals surface area contributed by atoms with E-state index in [2.05, 4.69) is 6.92 Å². The molecule has 0 aromatic heterocycles. The average Bonchev–Trinajstić information content (AvgIpc) is 2.85. The minimum absolute atomic E-state index is 0.0990. The molecule has 1 unspecified atom stereocenters. The summed E-state index contributed by atoms with van der Waals surface area (Å²) in [6, 6.07) is 10.0. The number of hydrogen-bond acceptors (Lipinski definition) is 3. The number of nitrogens with zero attached hydrogens (tertiary/aromatic N) is 1. The highest BCUT2D eigenvalue weighted by Gasteiger charge is 2.39. The Hall–Kier alpha value is -2.49. The summed E-state index contributed by atoms with van der Waals surface area (Å²) in [6.07, 6.45) is 0.816. The highest BCUT2D eigenvalue weighted by molar-refractivity contribution is 6.07. The third-order valence-electron chi connectivity index (χ3n) is 5.00. The number of carbonyl (C=O) groups is 1. The largest absolute Gasteiger partial charge is 0.496 e. The Morgan fingerprint density at radius 2 is 1.84 bits per heavy atom. The minimum atomic E-state index is -0.177. The molecule has 0 N–H and O–H groups in total. The van der Waals surface area contributed by atoms with Crippen LogP contribution in [0.3, 0.4) is 0 Å². The van der Waals surface area contributed by atoms with Gasteiger partial charge in [-0.2, -0.15) is 0 Å². The lowest BCUT2D eigenvalue weighted by Gasteiger charge is -2.23. The normalized spacial score (nSPS) is 16.1. The number of benzene rings is 2. The van der Waals surface area contributed by atoms with Crippen LogP contribution in [-0.4, -0.2) is 20.1 Å². The predicted molar refractivity (Wildman–Crippen MR) is 99.7 cm³/mol. The van der Waals surface area contributed by atoms with Gasteiger partial charge in [0.2, 0.25) is 5.91 Å². The molecule has 1 heterocycles. The zero-order chi connectivity index (χ0) is 18.1. The van der Waals surface area contributed by atoms with Crippen molar-refractivity contribution in [1.82, 2.24) is 0 Å². The first-order valence-corrected chi connectivity index (χ1v) is 8.68. The Kier molecular flexibility index (Phi) is 4.71. The number of rotatable bonds is 5. The number of methoxy groups -OCH3 is 1. The molecule has 0 saturated heterocycles. The number of fused-ring (bicyclic) bond motifs is 1. The van der Waals surface area contributed by atoms with E-state index < -0.39 is 0 Å². The summed E-state index contributed by atoms with van der Waals surface area (Å²) in [5.74, 6) is 1.50. The summed E-state index contributed by atoms with van der Waals surface area (Å²) in [4.78, 5) is 14.3. The molecular weight excluding hydrogens is 314 g/mol. The van der Waals surface area contributed by atoms with Gasteiger partial charge in [-0.05, 0) is 31.4 Å². The number of likely N-dealkylation sites (N-methyl/N-ethyl adjacent to an activating group) is 1. The fraction of sp³-hybridized carbons (Fsp3) is 0.381. The van der Waals surface area contributed by atoms with Crippen LogP contribution >= 0.6 is 0 Å². The lowest BCUT2D eigenvalue weighted by molar-refractivity contribution is -0.118. The molecule has 25 heavy (non-hydrogen) atoms. The smallest absolute Gasteiger partial charge is 0.234 e. The fourth-order valence-corrected chi connectivity index (χ4v) is 3.75. The predicted octanol–water partition coefficient (Wildman–Crippen LogP) is 4.22. The molecule has 0 spiro atoms. The fourth-order valence-electron chi connectivity index (χ4n) is 3.75. The van der Waals surface area contributed by atoms with Crippen LogP contribution in [0, 0.1) is 6.92 Å². The molecule has 2 aromatic rings.